The number of hydrogen-bond donors (Lipinski definition) is 0. The normalized spacial score (nSPS) is 15.0. The fourth-order valence-electron chi connectivity index (χ4n) is 2.66. The first-order valence-electron chi connectivity index (χ1n) is 7.34. The number of hydrogen-bond acceptors (Lipinski definition) is 4. The molecule has 3 aromatic rings. The van der Waals surface area contributed by atoms with Crippen LogP contribution in [0.2, 0.25) is 5.15 Å². The van der Waals surface area contributed by atoms with Gasteiger partial charge in [-0.1, -0.05) is 35.3 Å². The minimum Gasteiger partial charge on any atom is -0.334 e. The summed E-state index contributed by atoms with van der Waals surface area (Å²) >= 11 is 6.16. The zero-order chi connectivity index (χ0) is 15.1. The molecule has 0 saturated heterocycles. The molecule has 0 aliphatic heterocycles. The van der Waals surface area contributed by atoms with Crippen molar-refractivity contribution in [3.63, 3.8) is 0 Å². The summed E-state index contributed by atoms with van der Waals surface area (Å²) in [6.07, 6.45) is 5.56. The van der Waals surface area contributed by atoms with Gasteiger partial charge in [0.25, 0.3) is 5.89 Å². The molecule has 6 heteroatoms. The maximum Gasteiger partial charge on any atom is 0.258 e. The zero-order valence-electron chi connectivity index (χ0n) is 12.2. The lowest BCUT2D eigenvalue weighted by atomic mass is 9.80. The van der Waals surface area contributed by atoms with Gasteiger partial charge in [-0.15, -0.1) is 0 Å². The Hall–Kier alpha value is -2.14. The van der Waals surface area contributed by atoms with Crippen LogP contribution in [0.25, 0.3) is 22.8 Å². The van der Waals surface area contributed by atoms with Crippen LogP contribution < -0.4 is 0 Å². The SMILES string of the molecule is Cn1ncc(-c2noc(-c3ccc(C4CCC4)cc3)n2)c1Cl. The highest BCUT2D eigenvalue weighted by Crippen LogP contribution is 2.37. The van der Waals surface area contributed by atoms with E-state index in [1.807, 2.05) is 12.1 Å². The predicted molar refractivity (Wildman–Crippen MR) is 83.5 cm³/mol. The monoisotopic (exact) mass is 314 g/mol. The second-order valence-electron chi connectivity index (χ2n) is 5.65. The highest BCUT2D eigenvalue weighted by molar-refractivity contribution is 6.32. The fraction of sp³-hybridized carbons (Fsp3) is 0.312. The molecule has 0 bridgehead atoms. The van der Waals surface area contributed by atoms with E-state index in [9.17, 15) is 0 Å². The fourth-order valence-corrected chi connectivity index (χ4v) is 2.84. The maximum absolute atomic E-state index is 6.16. The predicted octanol–water partition coefficient (Wildman–Crippen LogP) is 4.06. The molecule has 0 spiro atoms. The number of nitrogens with zero attached hydrogens (tertiary/aromatic N) is 4. The first-order valence-corrected chi connectivity index (χ1v) is 7.72. The third kappa shape index (κ3) is 2.22. The largest absolute Gasteiger partial charge is 0.334 e. The van der Waals surface area contributed by atoms with Gasteiger partial charge in [-0.3, -0.25) is 4.68 Å². The third-order valence-corrected chi connectivity index (χ3v) is 4.72. The Bertz CT molecular complexity index is 802. The van der Waals surface area contributed by atoms with Crippen LogP contribution in [0.3, 0.4) is 0 Å². The van der Waals surface area contributed by atoms with Crippen LogP contribution in [0.1, 0.15) is 30.7 Å². The molecule has 2 aromatic heterocycles. The highest BCUT2D eigenvalue weighted by atomic mass is 35.5. The maximum atomic E-state index is 6.16. The minimum absolute atomic E-state index is 0.455. The van der Waals surface area contributed by atoms with E-state index in [0.29, 0.717) is 22.4 Å². The molecule has 4 rings (SSSR count). The number of aromatic nitrogens is 4. The van der Waals surface area contributed by atoms with E-state index in [2.05, 4.69) is 27.4 Å². The van der Waals surface area contributed by atoms with Crippen LogP contribution in [0, 0.1) is 0 Å². The summed E-state index contributed by atoms with van der Waals surface area (Å²) in [5.74, 6) is 1.67. The Morgan fingerprint density at radius 3 is 2.59 bits per heavy atom. The molecule has 0 amide bonds. The van der Waals surface area contributed by atoms with Gasteiger partial charge in [0.05, 0.1) is 11.8 Å². The number of benzene rings is 1. The van der Waals surface area contributed by atoms with Gasteiger partial charge in [0.2, 0.25) is 5.82 Å². The average Bonchev–Trinajstić information content (AvgIpc) is 3.07. The molecule has 112 valence electrons. The van der Waals surface area contributed by atoms with E-state index in [0.717, 1.165) is 11.5 Å². The van der Waals surface area contributed by atoms with Crippen molar-refractivity contribution in [1.82, 2.24) is 19.9 Å². The van der Waals surface area contributed by atoms with Crippen molar-refractivity contribution in [3.05, 3.63) is 41.2 Å². The lowest BCUT2D eigenvalue weighted by molar-refractivity contribution is 0.419. The molecule has 1 fully saturated rings. The lowest BCUT2D eigenvalue weighted by Crippen LogP contribution is -2.08. The van der Waals surface area contributed by atoms with Gasteiger partial charge in [-0.05, 0) is 36.5 Å². The van der Waals surface area contributed by atoms with Crippen molar-refractivity contribution < 1.29 is 4.52 Å². The first kappa shape index (κ1) is 13.5. The van der Waals surface area contributed by atoms with Crippen molar-refractivity contribution in [2.75, 3.05) is 0 Å². The Morgan fingerprint density at radius 2 is 2.00 bits per heavy atom. The van der Waals surface area contributed by atoms with Crippen LogP contribution in [-0.2, 0) is 7.05 Å². The summed E-state index contributed by atoms with van der Waals surface area (Å²) in [5, 5.41) is 8.58. The molecular weight excluding hydrogens is 300 g/mol. The van der Waals surface area contributed by atoms with E-state index in [-0.39, 0.29) is 0 Å². The summed E-state index contributed by atoms with van der Waals surface area (Å²) < 4.78 is 6.92. The molecule has 1 aliphatic carbocycles. The van der Waals surface area contributed by atoms with Crippen molar-refractivity contribution in [3.8, 4) is 22.8 Å². The standard InChI is InChI=1S/C16H15ClN4O/c1-21-14(17)13(9-18-21)15-19-16(22-20-15)12-7-5-11(6-8-12)10-3-2-4-10/h5-10H,2-4H2,1H3. The molecule has 22 heavy (non-hydrogen) atoms. The van der Waals surface area contributed by atoms with Gasteiger partial charge >= 0.3 is 0 Å². The molecule has 0 N–H and O–H groups in total. The molecule has 1 saturated carbocycles. The second-order valence-corrected chi connectivity index (χ2v) is 6.00. The van der Waals surface area contributed by atoms with Crippen molar-refractivity contribution in [2.45, 2.75) is 25.2 Å². The van der Waals surface area contributed by atoms with E-state index in [1.165, 1.54) is 24.8 Å². The summed E-state index contributed by atoms with van der Waals surface area (Å²) in [7, 11) is 1.77. The van der Waals surface area contributed by atoms with Gasteiger partial charge in [-0.2, -0.15) is 10.1 Å². The zero-order valence-corrected chi connectivity index (χ0v) is 12.9. The van der Waals surface area contributed by atoms with Crippen LogP contribution in [-0.4, -0.2) is 19.9 Å². The molecule has 1 aromatic carbocycles. The molecule has 0 unspecified atom stereocenters. The molecule has 5 nitrogen and oxygen atoms in total. The Morgan fingerprint density at radius 1 is 1.23 bits per heavy atom. The van der Waals surface area contributed by atoms with E-state index < -0.39 is 0 Å². The topological polar surface area (TPSA) is 56.7 Å². The van der Waals surface area contributed by atoms with Crippen LogP contribution >= 0.6 is 11.6 Å². The van der Waals surface area contributed by atoms with E-state index in [1.54, 1.807) is 17.9 Å². The molecule has 0 radical (unpaired) electrons. The van der Waals surface area contributed by atoms with Crippen LogP contribution in [0.5, 0.6) is 0 Å². The Labute approximate surface area is 132 Å². The summed E-state index contributed by atoms with van der Waals surface area (Å²) in [6.45, 7) is 0. The van der Waals surface area contributed by atoms with Crippen molar-refractivity contribution in [2.24, 2.45) is 7.05 Å². The smallest absolute Gasteiger partial charge is 0.258 e. The summed E-state index contributed by atoms with van der Waals surface area (Å²) in [5.41, 5.74) is 2.98. The summed E-state index contributed by atoms with van der Waals surface area (Å²) in [4.78, 5) is 4.42. The van der Waals surface area contributed by atoms with Crippen LogP contribution in [0.15, 0.2) is 35.0 Å². The molecular formula is C16H15ClN4O. The molecule has 1 aliphatic rings. The van der Waals surface area contributed by atoms with Crippen molar-refractivity contribution in [1.29, 1.82) is 0 Å². The van der Waals surface area contributed by atoms with Gasteiger partial charge in [0.1, 0.15) is 5.15 Å². The average molecular weight is 315 g/mol. The lowest BCUT2D eigenvalue weighted by Gasteiger charge is -2.25. The quantitative estimate of drug-likeness (QED) is 0.731. The minimum atomic E-state index is 0.455. The van der Waals surface area contributed by atoms with E-state index >= 15 is 0 Å². The Balaban J connectivity index is 1.62. The van der Waals surface area contributed by atoms with Gasteiger partial charge < -0.3 is 4.52 Å². The van der Waals surface area contributed by atoms with Gasteiger partial charge in [0, 0.05) is 12.6 Å². The molecule has 2 heterocycles. The number of aryl methyl sites for hydroxylation is 1. The van der Waals surface area contributed by atoms with Crippen LogP contribution in [0.4, 0.5) is 0 Å². The number of rotatable bonds is 3. The Kier molecular flexibility index (Phi) is 3.22. The molecule has 0 atom stereocenters. The summed E-state index contributed by atoms with van der Waals surface area (Å²) in [6, 6.07) is 8.38. The van der Waals surface area contributed by atoms with Gasteiger partial charge in [-0.25, -0.2) is 0 Å². The third-order valence-electron chi connectivity index (χ3n) is 4.27. The highest BCUT2D eigenvalue weighted by Gasteiger charge is 2.20. The number of halogens is 1. The van der Waals surface area contributed by atoms with E-state index in [4.69, 9.17) is 16.1 Å². The second kappa shape index (κ2) is 5.25. The van der Waals surface area contributed by atoms with Crippen molar-refractivity contribution >= 4 is 11.6 Å². The van der Waals surface area contributed by atoms with Gasteiger partial charge in [0.15, 0.2) is 0 Å². The first-order chi connectivity index (χ1) is 10.7.